The maximum absolute atomic E-state index is 13.6. The largest absolute Gasteiger partial charge is 0.454 e. The standard InChI is InChI=1S/C27H28N6O5S2/c1-32(2)25(34)19-38-26(35)16-30-23-7-5-6-22(31-23)18-33(40(36,37)24-8-3-4-13-28-24)17-20-9-11-21(12-10-20)27-29-14-15-39-27/h3-15H,16-19H2,1-2H3,(H,30,31). The molecule has 0 spiro atoms. The summed E-state index contributed by atoms with van der Waals surface area (Å²) in [5.74, 6) is -0.597. The van der Waals surface area contributed by atoms with Crippen molar-refractivity contribution in [2.45, 2.75) is 18.1 Å². The average molecular weight is 581 g/mol. The third kappa shape index (κ3) is 7.68. The second-order valence-electron chi connectivity index (χ2n) is 8.79. The molecule has 1 N–H and O–H groups in total. The van der Waals surface area contributed by atoms with Gasteiger partial charge in [-0.3, -0.25) is 9.59 Å². The summed E-state index contributed by atoms with van der Waals surface area (Å²) in [6.45, 7) is -0.516. The number of nitrogens with zero attached hydrogens (tertiary/aromatic N) is 5. The normalized spacial score (nSPS) is 11.3. The fourth-order valence-corrected chi connectivity index (χ4v) is 5.49. The molecular formula is C27H28N6O5S2. The number of carbonyl (C=O) groups is 2. The van der Waals surface area contributed by atoms with Gasteiger partial charge in [-0.25, -0.2) is 23.4 Å². The number of anilines is 1. The first-order chi connectivity index (χ1) is 19.2. The zero-order valence-corrected chi connectivity index (χ0v) is 23.6. The fourth-order valence-electron chi connectivity index (χ4n) is 3.51. The number of ether oxygens (including phenoxy) is 1. The highest BCUT2D eigenvalue weighted by molar-refractivity contribution is 7.89. The van der Waals surface area contributed by atoms with E-state index in [2.05, 4.69) is 20.3 Å². The molecule has 4 rings (SSSR count). The Labute approximate surface area is 236 Å². The lowest BCUT2D eigenvalue weighted by molar-refractivity contribution is -0.149. The summed E-state index contributed by atoms with van der Waals surface area (Å²) in [7, 11) is -0.834. The summed E-state index contributed by atoms with van der Waals surface area (Å²) in [6.07, 6.45) is 3.17. The lowest BCUT2D eigenvalue weighted by atomic mass is 10.1. The molecule has 0 fully saturated rings. The lowest BCUT2D eigenvalue weighted by Gasteiger charge is -2.22. The van der Waals surface area contributed by atoms with Gasteiger partial charge in [0.15, 0.2) is 11.6 Å². The van der Waals surface area contributed by atoms with Crippen LogP contribution in [0.25, 0.3) is 10.6 Å². The highest BCUT2D eigenvalue weighted by Crippen LogP contribution is 2.24. The molecule has 0 unspecified atom stereocenters. The van der Waals surface area contributed by atoms with E-state index in [0.29, 0.717) is 11.5 Å². The van der Waals surface area contributed by atoms with E-state index >= 15 is 0 Å². The SMILES string of the molecule is CN(C)C(=O)COC(=O)CNc1cccc(CN(Cc2ccc(-c3nccs3)cc2)S(=O)(=O)c2ccccn2)n1. The molecule has 0 saturated carbocycles. The first kappa shape index (κ1) is 28.8. The van der Waals surface area contributed by atoms with Crippen LogP contribution in [0, 0.1) is 0 Å². The molecule has 11 nitrogen and oxygen atoms in total. The summed E-state index contributed by atoms with van der Waals surface area (Å²) >= 11 is 1.53. The van der Waals surface area contributed by atoms with Crippen molar-refractivity contribution in [3.8, 4) is 10.6 Å². The Bertz CT molecular complexity index is 1530. The quantitative estimate of drug-likeness (QED) is 0.251. The number of aromatic nitrogens is 3. The Morgan fingerprint density at radius 2 is 1.75 bits per heavy atom. The third-order valence-electron chi connectivity index (χ3n) is 5.65. The predicted molar refractivity (Wildman–Crippen MR) is 151 cm³/mol. The van der Waals surface area contributed by atoms with Crippen LogP contribution >= 0.6 is 11.3 Å². The molecule has 0 saturated heterocycles. The molecule has 3 heterocycles. The number of likely N-dealkylation sites (N-methyl/N-ethyl adjacent to an activating group) is 1. The summed E-state index contributed by atoms with van der Waals surface area (Å²) in [6, 6.07) is 17.3. The van der Waals surface area contributed by atoms with Crippen molar-refractivity contribution in [3.05, 3.63) is 89.7 Å². The van der Waals surface area contributed by atoms with Gasteiger partial charge >= 0.3 is 5.97 Å². The van der Waals surface area contributed by atoms with Crippen LogP contribution in [0.2, 0.25) is 0 Å². The highest BCUT2D eigenvalue weighted by Gasteiger charge is 2.27. The van der Waals surface area contributed by atoms with Crippen molar-refractivity contribution in [1.29, 1.82) is 0 Å². The minimum absolute atomic E-state index is 0.0373. The zero-order chi connectivity index (χ0) is 28.5. The number of hydrogen-bond donors (Lipinski definition) is 1. The van der Waals surface area contributed by atoms with E-state index in [4.69, 9.17) is 4.74 Å². The number of carbonyl (C=O) groups excluding carboxylic acids is 2. The Balaban J connectivity index is 1.49. The van der Waals surface area contributed by atoms with Crippen LogP contribution < -0.4 is 5.32 Å². The molecule has 13 heteroatoms. The van der Waals surface area contributed by atoms with Crippen molar-refractivity contribution in [3.63, 3.8) is 0 Å². The molecular weight excluding hydrogens is 552 g/mol. The molecule has 0 aliphatic rings. The van der Waals surface area contributed by atoms with Gasteiger partial charge in [-0.2, -0.15) is 4.31 Å². The van der Waals surface area contributed by atoms with E-state index in [0.717, 1.165) is 16.1 Å². The van der Waals surface area contributed by atoms with E-state index in [1.165, 1.54) is 32.8 Å². The molecule has 3 aromatic heterocycles. The van der Waals surface area contributed by atoms with E-state index in [1.54, 1.807) is 50.6 Å². The minimum atomic E-state index is -3.97. The van der Waals surface area contributed by atoms with Crippen molar-refractivity contribution in [2.75, 3.05) is 32.6 Å². The second-order valence-corrected chi connectivity index (χ2v) is 11.6. The van der Waals surface area contributed by atoms with Crippen LogP contribution in [-0.2, 0) is 37.4 Å². The molecule has 40 heavy (non-hydrogen) atoms. The second kappa shape index (κ2) is 13.2. The average Bonchev–Trinajstić information content (AvgIpc) is 3.51. The third-order valence-corrected chi connectivity index (χ3v) is 8.18. The van der Waals surface area contributed by atoms with Gasteiger partial charge in [0.05, 0.1) is 12.2 Å². The number of esters is 1. The van der Waals surface area contributed by atoms with Crippen molar-refractivity contribution in [2.24, 2.45) is 0 Å². The fraction of sp³-hybridized carbons (Fsp3) is 0.222. The number of benzene rings is 1. The van der Waals surface area contributed by atoms with E-state index in [1.807, 2.05) is 29.6 Å². The number of pyridine rings is 2. The Morgan fingerprint density at radius 3 is 2.42 bits per heavy atom. The smallest absolute Gasteiger partial charge is 0.325 e. The monoisotopic (exact) mass is 580 g/mol. The number of nitrogens with one attached hydrogen (secondary N) is 1. The van der Waals surface area contributed by atoms with Crippen LogP contribution in [0.3, 0.4) is 0 Å². The number of amides is 1. The highest BCUT2D eigenvalue weighted by atomic mass is 32.2. The van der Waals surface area contributed by atoms with Gasteiger partial charge in [-0.15, -0.1) is 11.3 Å². The molecule has 0 bridgehead atoms. The lowest BCUT2D eigenvalue weighted by Crippen LogP contribution is -2.31. The van der Waals surface area contributed by atoms with Gasteiger partial charge in [-0.1, -0.05) is 36.4 Å². The van der Waals surface area contributed by atoms with Crippen molar-refractivity contribution < 1.29 is 22.7 Å². The summed E-state index contributed by atoms with van der Waals surface area (Å²) in [5, 5.41) is 5.56. The maximum atomic E-state index is 13.6. The van der Waals surface area contributed by atoms with Gasteiger partial charge in [0, 0.05) is 44.0 Å². The summed E-state index contributed by atoms with van der Waals surface area (Å²) in [4.78, 5) is 37.8. The molecule has 0 radical (unpaired) electrons. The van der Waals surface area contributed by atoms with Crippen LogP contribution in [-0.4, -0.2) is 71.7 Å². The van der Waals surface area contributed by atoms with Gasteiger partial charge in [0.2, 0.25) is 0 Å². The van der Waals surface area contributed by atoms with Crippen LogP contribution in [0.4, 0.5) is 5.82 Å². The first-order valence-electron chi connectivity index (χ1n) is 12.2. The minimum Gasteiger partial charge on any atom is -0.454 e. The zero-order valence-electron chi connectivity index (χ0n) is 21.9. The maximum Gasteiger partial charge on any atom is 0.325 e. The van der Waals surface area contributed by atoms with Crippen LogP contribution in [0.15, 0.2) is 83.5 Å². The number of sulfonamides is 1. The number of hydrogen-bond acceptors (Lipinski definition) is 10. The van der Waals surface area contributed by atoms with Gasteiger partial charge in [-0.05, 0) is 29.8 Å². The van der Waals surface area contributed by atoms with Crippen LogP contribution in [0.1, 0.15) is 11.3 Å². The molecule has 208 valence electrons. The van der Waals surface area contributed by atoms with Crippen molar-refractivity contribution in [1.82, 2.24) is 24.2 Å². The van der Waals surface area contributed by atoms with E-state index in [-0.39, 0.29) is 37.2 Å². The van der Waals surface area contributed by atoms with E-state index < -0.39 is 16.0 Å². The number of thiazole rings is 1. The van der Waals surface area contributed by atoms with Gasteiger partial charge in [0.1, 0.15) is 17.4 Å². The molecule has 1 amide bonds. The topological polar surface area (TPSA) is 135 Å². The summed E-state index contributed by atoms with van der Waals surface area (Å²) in [5.41, 5.74) is 2.19. The predicted octanol–water partition coefficient (Wildman–Crippen LogP) is 3.03. The molecule has 0 aliphatic heterocycles. The Hall–Kier alpha value is -4.20. The summed E-state index contributed by atoms with van der Waals surface area (Å²) < 4.78 is 33.4. The Morgan fingerprint density at radius 1 is 0.950 bits per heavy atom. The molecule has 1 aromatic carbocycles. The molecule has 0 atom stereocenters. The van der Waals surface area contributed by atoms with Crippen molar-refractivity contribution >= 4 is 39.1 Å². The van der Waals surface area contributed by atoms with Crippen LogP contribution in [0.5, 0.6) is 0 Å². The Kier molecular flexibility index (Phi) is 9.53. The van der Waals surface area contributed by atoms with Gasteiger partial charge < -0.3 is 15.0 Å². The number of rotatable bonds is 12. The molecule has 4 aromatic rings. The first-order valence-corrected chi connectivity index (χ1v) is 14.5. The van der Waals surface area contributed by atoms with E-state index in [9.17, 15) is 18.0 Å². The molecule has 0 aliphatic carbocycles. The van der Waals surface area contributed by atoms with Gasteiger partial charge in [0.25, 0.3) is 15.9 Å².